The van der Waals surface area contributed by atoms with Crippen LogP contribution in [0.25, 0.3) is 10.9 Å². The van der Waals surface area contributed by atoms with Crippen LogP contribution in [0.1, 0.15) is 39.9 Å². The Kier molecular flexibility index (Phi) is 8.54. The van der Waals surface area contributed by atoms with Crippen molar-refractivity contribution in [1.29, 1.82) is 0 Å². The van der Waals surface area contributed by atoms with E-state index in [1.807, 2.05) is 48.7 Å². The highest BCUT2D eigenvalue weighted by atomic mass is 16.5. The highest BCUT2D eigenvalue weighted by Crippen LogP contribution is 2.26. The number of aryl methyl sites for hydroxylation is 2. The summed E-state index contributed by atoms with van der Waals surface area (Å²) in [7, 11) is 1.66. The number of amides is 1. The van der Waals surface area contributed by atoms with Crippen molar-refractivity contribution in [1.82, 2.24) is 30.0 Å². The second kappa shape index (κ2) is 13.2. The van der Waals surface area contributed by atoms with E-state index in [0.717, 1.165) is 57.8 Å². The van der Waals surface area contributed by atoms with Crippen molar-refractivity contribution in [3.63, 3.8) is 0 Å². The molecule has 216 valence electrons. The maximum Gasteiger partial charge on any atom is 0.225 e. The quantitative estimate of drug-likeness (QED) is 0.199. The summed E-state index contributed by atoms with van der Waals surface area (Å²) in [6.07, 6.45) is 7.79. The molecule has 43 heavy (non-hydrogen) atoms. The van der Waals surface area contributed by atoms with E-state index < -0.39 is 6.04 Å². The average molecular weight is 571 g/mol. The number of rotatable bonds is 12. The standard InChI is InChI=1S/C35H34N6O2/c1-43-29-16-13-26(14-17-29)24-41-33(18-15-25-8-3-2-4-9-25)39-40-35(41)32(38-34(42)20-27-10-7-19-36-22-27)21-28-23-37-31-12-6-5-11-30(28)31/h2-14,16-17,19,22-23,32,37H,15,18,20-21,24H2,1H3,(H,38,42)/t32-/m1/s1. The van der Waals surface area contributed by atoms with Crippen LogP contribution in [0.2, 0.25) is 0 Å². The van der Waals surface area contributed by atoms with Gasteiger partial charge in [0.2, 0.25) is 5.91 Å². The fraction of sp³-hybridized carbons (Fsp3) is 0.200. The summed E-state index contributed by atoms with van der Waals surface area (Å²) in [5, 5.41) is 13.8. The van der Waals surface area contributed by atoms with Crippen LogP contribution in [0.4, 0.5) is 0 Å². The second-order valence-electron chi connectivity index (χ2n) is 10.6. The van der Waals surface area contributed by atoms with Crippen molar-refractivity contribution >= 4 is 16.8 Å². The van der Waals surface area contributed by atoms with E-state index >= 15 is 0 Å². The van der Waals surface area contributed by atoms with Crippen molar-refractivity contribution in [2.24, 2.45) is 0 Å². The molecule has 0 radical (unpaired) electrons. The summed E-state index contributed by atoms with van der Waals surface area (Å²) in [6, 6.07) is 30.0. The zero-order chi connectivity index (χ0) is 29.4. The van der Waals surface area contributed by atoms with E-state index in [-0.39, 0.29) is 12.3 Å². The van der Waals surface area contributed by atoms with Gasteiger partial charge in [-0.15, -0.1) is 10.2 Å². The lowest BCUT2D eigenvalue weighted by Gasteiger charge is -2.20. The predicted molar refractivity (Wildman–Crippen MR) is 167 cm³/mol. The van der Waals surface area contributed by atoms with Gasteiger partial charge in [0.05, 0.1) is 26.1 Å². The first kappa shape index (κ1) is 27.9. The molecule has 0 saturated heterocycles. The van der Waals surface area contributed by atoms with Gasteiger partial charge in [-0.05, 0) is 52.9 Å². The summed E-state index contributed by atoms with van der Waals surface area (Å²) < 4.78 is 7.54. The fourth-order valence-corrected chi connectivity index (χ4v) is 5.44. The number of carbonyl (C=O) groups is 1. The van der Waals surface area contributed by atoms with Gasteiger partial charge >= 0.3 is 0 Å². The molecule has 0 aliphatic carbocycles. The SMILES string of the molecule is COc1ccc(Cn2c(CCc3ccccc3)nnc2[C@@H](Cc2c[nH]c3ccccc23)NC(=O)Cc2cccnc2)cc1. The number of benzene rings is 3. The predicted octanol–water partition coefficient (Wildman–Crippen LogP) is 5.64. The van der Waals surface area contributed by atoms with Gasteiger partial charge in [0.15, 0.2) is 5.82 Å². The van der Waals surface area contributed by atoms with Crippen LogP contribution in [0, 0.1) is 0 Å². The van der Waals surface area contributed by atoms with Crippen LogP contribution >= 0.6 is 0 Å². The summed E-state index contributed by atoms with van der Waals surface area (Å²) >= 11 is 0. The van der Waals surface area contributed by atoms with E-state index in [9.17, 15) is 4.79 Å². The average Bonchev–Trinajstić information content (AvgIpc) is 3.64. The van der Waals surface area contributed by atoms with Crippen molar-refractivity contribution in [3.05, 3.63) is 143 Å². The molecule has 3 aromatic carbocycles. The van der Waals surface area contributed by atoms with Gasteiger partial charge in [-0.25, -0.2) is 0 Å². The molecule has 1 atom stereocenters. The molecule has 0 fully saturated rings. The lowest BCUT2D eigenvalue weighted by molar-refractivity contribution is -0.121. The Hall–Kier alpha value is -5.24. The van der Waals surface area contributed by atoms with Crippen molar-refractivity contribution in [3.8, 4) is 5.75 Å². The molecule has 1 amide bonds. The molecule has 0 bridgehead atoms. The van der Waals surface area contributed by atoms with Gasteiger partial charge in [-0.2, -0.15) is 0 Å². The third kappa shape index (κ3) is 6.81. The molecule has 3 heterocycles. The number of aromatic nitrogens is 5. The first-order valence-corrected chi connectivity index (χ1v) is 14.5. The molecular formula is C35H34N6O2. The maximum atomic E-state index is 13.4. The monoisotopic (exact) mass is 570 g/mol. The number of hydrogen-bond donors (Lipinski definition) is 2. The molecule has 0 unspecified atom stereocenters. The van der Waals surface area contributed by atoms with Crippen LogP contribution in [0.3, 0.4) is 0 Å². The van der Waals surface area contributed by atoms with Crippen LogP contribution < -0.4 is 10.1 Å². The van der Waals surface area contributed by atoms with E-state index in [2.05, 4.69) is 73.5 Å². The van der Waals surface area contributed by atoms with Gasteiger partial charge < -0.3 is 19.6 Å². The molecule has 0 saturated carbocycles. The lowest BCUT2D eigenvalue weighted by atomic mass is 10.0. The maximum absolute atomic E-state index is 13.4. The first-order valence-electron chi connectivity index (χ1n) is 14.5. The number of nitrogens with zero attached hydrogens (tertiary/aromatic N) is 4. The third-order valence-electron chi connectivity index (χ3n) is 7.67. The second-order valence-corrected chi connectivity index (χ2v) is 10.6. The van der Waals surface area contributed by atoms with E-state index in [1.165, 1.54) is 5.56 Å². The number of ether oxygens (including phenoxy) is 1. The highest BCUT2D eigenvalue weighted by Gasteiger charge is 2.25. The Morgan fingerprint density at radius 3 is 2.47 bits per heavy atom. The molecule has 6 rings (SSSR count). The van der Waals surface area contributed by atoms with Crippen molar-refractivity contribution in [2.75, 3.05) is 7.11 Å². The van der Waals surface area contributed by atoms with Crippen molar-refractivity contribution in [2.45, 2.75) is 38.3 Å². The molecule has 0 aliphatic heterocycles. The van der Waals surface area contributed by atoms with Crippen molar-refractivity contribution < 1.29 is 9.53 Å². The summed E-state index contributed by atoms with van der Waals surface area (Å²) in [6.45, 7) is 0.569. The number of H-pyrrole nitrogens is 1. The molecule has 6 aromatic rings. The molecule has 8 nitrogen and oxygen atoms in total. The Morgan fingerprint density at radius 1 is 0.884 bits per heavy atom. The number of pyridine rings is 1. The minimum Gasteiger partial charge on any atom is -0.497 e. The number of fused-ring (bicyclic) bond motifs is 1. The zero-order valence-corrected chi connectivity index (χ0v) is 24.1. The smallest absolute Gasteiger partial charge is 0.225 e. The van der Waals surface area contributed by atoms with Gasteiger partial charge in [-0.1, -0.05) is 66.7 Å². The topological polar surface area (TPSA) is 97.7 Å². The normalized spacial score (nSPS) is 11.8. The van der Waals surface area contributed by atoms with Crippen LogP contribution in [0.15, 0.2) is 110 Å². The fourth-order valence-electron chi connectivity index (χ4n) is 5.44. The van der Waals surface area contributed by atoms with Gasteiger partial charge in [0.1, 0.15) is 11.6 Å². The minimum absolute atomic E-state index is 0.0947. The Bertz CT molecular complexity index is 1780. The number of para-hydroxylation sites is 1. The first-order chi connectivity index (χ1) is 21.2. The van der Waals surface area contributed by atoms with E-state index in [4.69, 9.17) is 9.84 Å². The largest absolute Gasteiger partial charge is 0.497 e. The Morgan fingerprint density at radius 2 is 1.67 bits per heavy atom. The molecule has 8 heteroatoms. The number of hydrogen-bond acceptors (Lipinski definition) is 5. The molecule has 3 aromatic heterocycles. The Labute approximate surface area is 250 Å². The minimum atomic E-state index is -0.403. The van der Waals surface area contributed by atoms with Crippen LogP contribution in [-0.2, 0) is 37.0 Å². The van der Waals surface area contributed by atoms with E-state index in [1.54, 1.807) is 19.5 Å². The van der Waals surface area contributed by atoms with Crippen LogP contribution in [0.5, 0.6) is 5.75 Å². The van der Waals surface area contributed by atoms with Gasteiger partial charge in [-0.3, -0.25) is 9.78 Å². The highest BCUT2D eigenvalue weighted by molar-refractivity contribution is 5.83. The number of carbonyl (C=O) groups excluding carboxylic acids is 1. The number of aromatic amines is 1. The van der Waals surface area contributed by atoms with Gasteiger partial charge in [0.25, 0.3) is 0 Å². The molecule has 2 N–H and O–H groups in total. The Balaban J connectivity index is 1.36. The molecule has 0 spiro atoms. The molecular weight excluding hydrogens is 536 g/mol. The van der Waals surface area contributed by atoms with Gasteiger partial charge in [0, 0.05) is 42.3 Å². The zero-order valence-electron chi connectivity index (χ0n) is 24.1. The third-order valence-corrected chi connectivity index (χ3v) is 7.67. The van der Waals surface area contributed by atoms with Crippen LogP contribution in [-0.4, -0.2) is 37.7 Å². The number of nitrogens with one attached hydrogen (secondary N) is 2. The number of methoxy groups -OCH3 is 1. The molecule has 0 aliphatic rings. The summed E-state index contributed by atoms with van der Waals surface area (Å²) in [4.78, 5) is 21.0. The summed E-state index contributed by atoms with van der Waals surface area (Å²) in [5.41, 5.74) is 5.35. The van der Waals surface area contributed by atoms with E-state index in [0.29, 0.717) is 13.0 Å². The summed E-state index contributed by atoms with van der Waals surface area (Å²) in [5.74, 6) is 2.31. The lowest BCUT2D eigenvalue weighted by Crippen LogP contribution is -2.33.